The van der Waals surface area contributed by atoms with Gasteiger partial charge in [0.1, 0.15) is 11.9 Å². The summed E-state index contributed by atoms with van der Waals surface area (Å²) in [6.07, 6.45) is 0. The van der Waals surface area contributed by atoms with Crippen molar-refractivity contribution in [2.24, 2.45) is 5.73 Å². The monoisotopic (exact) mass is 309 g/mol. The molecule has 0 radical (unpaired) electrons. The highest BCUT2D eigenvalue weighted by Gasteiger charge is 2.19. The van der Waals surface area contributed by atoms with Gasteiger partial charge in [-0.1, -0.05) is 0 Å². The third kappa shape index (κ3) is 2.42. The summed E-state index contributed by atoms with van der Waals surface area (Å²) in [5.74, 6) is -1.14. The fourth-order valence-corrected chi connectivity index (χ4v) is 1.52. The molecule has 2 N–H and O–H groups in total. The standard InChI is InChI=1S/C9H9FINO2/c1-14-9(13)8(12)6-4-5(11)2-3-7(6)10/h2-4,8H,12H2,1H3/t8-/m1/s1. The Kier molecular flexibility index (Phi) is 3.82. The van der Waals surface area contributed by atoms with Crippen molar-refractivity contribution in [1.82, 2.24) is 0 Å². The number of hydrogen-bond donors (Lipinski definition) is 1. The van der Waals surface area contributed by atoms with Crippen molar-refractivity contribution >= 4 is 28.6 Å². The quantitative estimate of drug-likeness (QED) is 0.667. The number of benzene rings is 1. The van der Waals surface area contributed by atoms with Crippen LogP contribution in [-0.4, -0.2) is 13.1 Å². The Balaban J connectivity index is 3.05. The molecule has 0 aliphatic carbocycles. The number of carbonyl (C=O) groups excluding carboxylic acids is 1. The molecule has 0 fully saturated rings. The van der Waals surface area contributed by atoms with E-state index in [9.17, 15) is 9.18 Å². The number of ether oxygens (including phenoxy) is 1. The zero-order chi connectivity index (χ0) is 10.7. The van der Waals surface area contributed by atoms with E-state index >= 15 is 0 Å². The van der Waals surface area contributed by atoms with Crippen molar-refractivity contribution < 1.29 is 13.9 Å². The number of methoxy groups -OCH3 is 1. The predicted molar refractivity (Wildman–Crippen MR) is 58.1 cm³/mol. The van der Waals surface area contributed by atoms with Gasteiger partial charge in [0.15, 0.2) is 0 Å². The van der Waals surface area contributed by atoms with Crippen LogP contribution in [-0.2, 0) is 9.53 Å². The second-order valence-corrected chi connectivity index (χ2v) is 3.91. The van der Waals surface area contributed by atoms with E-state index in [1.807, 2.05) is 22.6 Å². The van der Waals surface area contributed by atoms with Crippen LogP contribution in [0.2, 0.25) is 0 Å². The van der Waals surface area contributed by atoms with Crippen LogP contribution in [0.5, 0.6) is 0 Å². The van der Waals surface area contributed by atoms with E-state index < -0.39 is 17.8 Å². The molecule has 0 heterocycles. The summed E-state index contributed by atoms with van der Waals surface area (Å²) in [6.45, 7) is 0. The van der Waals surface area contributed by atoms with Gasteiger partial charge in [-0.3, -0.25) is 4.79 Å². The summed E-state index contributed by atoms with van der Waals surface area (Å²) in [4.78, 5) is 11.1. The Bertz CT molecular complexity index is 357. The zero-order valence-corrected chi connectivity index (χ0v) is 9.62. The second kappa shape index (κ2) is 4.70. The Morgan fingerprint density at radius 3 is 2.86 bits per heavy atom. The third-order valence-corrected chi connectivity index (χ3v) is 2.42. The van der Waals surface area contributed by atoms with Crippen molar-refractivity contribution in [3.8, 4) is 0 Å². The van der Waals surface area contributed by atoms with Crippen molar-refractivity contribution in [3.05, 3.63) is 33.1 Å². The molecule has 5 heteroatoms. The summed E-state index contributed by atoms with van der Waals surface area (Å²) < 4.78 is 18.5. The first-order valence-electron chi connectivity index (χ1n) is 3.84. The number of hydrogen-bond acceptors (Lipinski definition) is 3. The lowest BCUT2D eigenvalue weighted by Crippen LogP contribution is -2.23. The topological polar surface area (TPSA) is 52.3 Å². The van der Waals surface area contributed by atoms with Crippen LogP contribution in [0.15, 0.2) is 18.2 Å². The van der Waals surface area contributed by atoms with Crippen LogP contribution >= 0.6 is 22.6 Å². The van der Waals surface area contributed by atoms with Gasteiger partial charge in [-0.05, 0) is 40.8 Å². The molecule has 0 bridgehead atoms. The molecule has 0 aromatic heterocycles. The van der Waals surface area contributed by atoms with Gasteiger partial charge < -0.3 is 10.5 Å². The lowest BCUT2D eigenvalue weighted by molar-refractivity contribution is -0.142. The summed E-state index contributed by atoms with van der Waals surface area (Å²) in [6, 6.07) is 3.34. The van der Waals surface area contributed by atoms with Crippen molar-refractivity contribution in [2.75, 3.05) is 7.11 Å². The molecular formula is C9H9FINO2. The van der Waals surface area contributed by atoms with E-state index in [-0.39, 0.29) is 5.56 Å². The predicted octanol–water partition coefficient (Wildman–Crippen LogP) is 1.60. The molecule has 0 spiro atoms. The van der Waals surface area contributed by atoms with Gasteiger partial charge in [0, 0.05) is 9.13 Å². The van der Waals surface area contributed by atoms with E-state index in [1.165, 1.54) is 19.2 Å². The van der Waals surface area contributed by atoms with Crippen LogP contribution in [0, 0.1) is 9.39 Å². The van der Waals surface area contributed by atoms with E-state index in [0.29, 0.717) is 0 Å². The third-order valence-electron chi connectivity index (χ3n) is 1.75. The van der Waals surface area contributed by atoms with E-state index in [2.05, 4.69) is 4.74 Å². The molecule has 0 unspecified atom stereocenters. The van der Waals surface area contributed by atoms with E-state index in [0.717, 1.165) is 3.57 Å². The van der Waals surface area contributed by atoms with Gasteiger partial charge in [0.2, 0.25) is 0 Å². The van der Waals surface area contributed by atoms with E-state index in [4.69, 9.17) is 5.73 Å². The van der Waals surface area contributed by atoms with Gasteiger partial charge in [0.25, 0.3) is 0 Å². The Labute approximate surface area is 94.6 Å². The first kappa shape index (κ1) is 11.4. The average Bonchev–Trinajstić information content (AvgIpc) is 2.19. The van der Waals surface area contributed by atoms with E-state index in [1.54, 1.807) is 6.07 Å². The van der Waals surface area contributed by atoms with Gasteiger partial charge in [-0.15, -0.1) is 0 Å². The Morgan fingerprint density at radius 1 is 1.64 bits per heavy atom. The molecule has 14 heavy (non-hydrogen) atoms. The molecule has 0 aliphatic rings. The number of halogens is 2. The number of esters is 1. The smallest absolute Gasteiger partial charge is 0.327 e. The molecule has 0 amide bonds. The van der Waals surface area contributed by atoms with Gasteiger partial charge in [0.05, 0.1) is 7.11 Å². The zero-order valence-electron chi connectivity index (χ0n) is 7.46. The maximum atomic E-state index is 13.2. The summed E-state index contributed by atoms with van der Waals surface area (Å²) in [5, 5.41) is 0. The molecule has 1 rings (SSSR count). The van der Waals surface area contributed by atoms with Gasteiger partial charge in [-0.2, -0.15) is 0 Å². The lowest BCUT2D eigenvalue weighted by atomic mass is 10.1. The fraction of sp³-hybridized carbons (Fsp3) is 0.222. The fourth-order valence-electron chi connectivity index (χ4n) is 1.01. The molecule has 1 aromatic rings. The maximum Gasteiger partial charge on any atom is 0.327 e. The minimum atomic E-state index is -1.06. The molecule has 3 nitrogen and oxygen atoms in total. The SMILES string of the molecule is COC(=O)[C@H](N)c1cc(I)ccc1F. The van der Waals surface area contributed by atoms with Crippen molar-refractivity contribution in [1.29, 1.82) is 0 Å². The average molecular weight is 309 g/mol. The number of carbonyl (C=O) groups is 1. The molecule has 76 valence electrons. The number of nitrogens with two attached hydrogens (primary N) is 1. The molecular weight excluding hydrogens is 300 g/mol. The van der Waals surface area contributed by atoms with Crippen LogP contribution in [0.1, 0.15) is 11.6 Å². The minimum absolute atomic E-state index is 0.156. The molecule has 1 atom stereocenters. The van der Waals surface area contributed by atoms with Gasteiger partial charge in [-0.25, -0.2) is 4.39 Å². The summed E-state index contributed by atoms with van der Waals surface area (Å²) in [5.41, 5.74) is 5.66. The molecule has 0 saturated heterocycles. The first-order chi connectivity index (χ1) is 6.56. The highest BCUT2D eigenvalue weighted by molar-refractivity contribution is 14.1. The molecule has 0 aliphatic heterocycles. The maximum absolute atomic E-state index is 13.2. The van der Waals surface area contributed by atoms with Crippen LogP contribution in [0.25, 0.3) is 0 Å². The number of rotatable bonds is 2. The highest BCUT2D eigenvalue weighted by atomic mass is 127. The molecule has 0 saturated carbocycles. The van der Waals surface area contributed by atoms with Crippen LogP contribution in [0.4, 0.5) is 4.39 Å². The summed E-state index contributed by atoms with van der Waals surface area (Å²) >= 11 is 2.02. The second-order valence-electron chi connectivity index (χ2n) is 2.67. The highest BCUT2D eigenvalue weighted by Crippen LogP contribution is 2.18. The Morgan fingerprint density at radius 2 is 2.29 bits per heavy atom. The largest absolute Gasteiger partial charge is 0.468 e. The summed E-state index contributed by atoms with van der Waals surface area (Å²) in [7, 11) is 1.22. The first-order valence-corrected chi connectivity index (χ1v) is 4.92. The van der Waals surface area contributed by atoms with Crippen LogP contribution in [0.3, 0.4) is 0 Å². The van der Waals surface area contributed by atoms with Crippen molar-refractivity contribution in [2.45, 2.75) is 6.04 Å². The Hall–Kier alpha value is -0.690. The van der Waals surface area contributed by atoms with Crippen LogP contribution < -0.4 is 5.73 Å². The minimum Gasteiger partial charge on any atom is -0.468 e. The van der Waals surface area contributed by atoms with Crippen molar-refractivity contribution in [3.63, 3.8) is 0 Å². The molecule has 1 aromatic carbocycles. The normalized spacial score (nSPS) is 12.3. The van der Waals surface area contributed by atoms with Gasteiger partial charge >= 0.3 is 5.97 Å². The lowest BCUT2D eigenvalue weighted by Gasteiger charge is -2.10.